The van der Waals surface area contributed by atoms with Gasteiger partial charge in [0.1, 0.15) is 0 Å². The van der Waals surface area contributed by atoms with Crippen LogP contribution >= 0.6 is 0 Å². The lowest BCUT2D eigenvalue weighted by Crippen LogP contribution is -2.30. The summed E-state index contributed by atoms with van der Waals surface area (Å²) < 4.78 is 0. The summed E-state index contributed by atoms with van der Waals surface area (Å²) >= 11 is 0. The van der Waals surface area contributed by atoms with Gasteiger partial charge >= 0.3 is 0 Å². The van der Waals surface area contributed by atoms with E-state index < -0.39 is 0 Å². The minimum atomic E-state index is 0.0370. The molecular weight excluding hydrogens is 617 g/mol. The zero-order chi connectivity index (χ0) is 34.5. The average Bonchev–Trinajstić information content (AvgIpc) is 3.20. The van der Waals surface area contributed by atoms with E-state index in [1.165, 1.54) is 65.6 Å². The molecule has 7 aromatic carbocycles. The van der Waals surface area contributed by atoms with Crippen LogP contribution in [0.5, 0.6) is 0 Å². The van der Waals surface area contributed by atoms with Gasteiger partial charge in [0.2, 0.25) is 0 Å². The smallest absolute Gasteiger partial charge is 0.0464 e. The molecule has 0 amide bonds. The van der Waals surface area contributed by atoms with Crippen LogP contribution in [-0.2, 0) is 5.41 Å². The van der Waals surface area contributed by atoms with Gasteiger partial charge in [-0.15, -0.1) is 0 Å². The van der Waals surface area contributed by atoms with Crippen molar-refractivity contribution in [2.24, 2.45) is 0 Å². The monoisotopic (exact) mass is 660 g/mol. The predicted molar refractivity (Wildman–Crippen MR) is 216 cm³/mol. The van der Waals surface area contributed by atoms with E-state index >= 15 is 0 Å². The highest BCUT2D eigenvalue weighted by molar-refractivity contribution is 5.81. The SMILES string of the molecule is Cc1cccc(C2(c3cccc(N(c4ccccc4)c4ccc(-c5ccc(N(c6ccccc6)c6ccccc6)cc5)cc4)c3)CCCCC2)c1. The molecule has 1 fully saturated rings. The summed E-state index contributed by atoms with van der Waals surface area (Å²) in [4.78, 5) is 4.70. The Hall–Kier alpha value is -5.86. The first-order valence-electron chi connectivity index (χ1n) is 18.3. The van der Waals surface area contributed by atoms with Gasteiger partial charge in [0.25, 0.3) is 0 Å². The molecule has 0 aliphatic heterocycles. The van der Waals surface area contributed by atoms with Crippen LogP contribution in [0.1, 0.15) is 48.8 Å². The second-order valence-electron chi connectivity index (χ2n) is 13.8. The van der Waals surface area contributed by atoms with Gasteiger partial charge in [-0.3, -0.25) is 0 Å². The number of rotatable bonds is 9. The van der Waals surface area contributed by atoms with Crippen molar-refractivity contribution in [2.75, 3.05) is 9.80 Å². The van der Waals surface area contributed by atoms with E-state index in [9.17, 15) is 0 Å². The van der Waals surface area contributed by atoms with Crippen molar-refractivity contribution in [1.82, 2.24) is 0 Å². The molecule has 0 saturated heterocycles. The van der Waals surface area contributed by atoms with Crippen molar-refractivity contribution in [3.05, 3.63) is 205 Å². The number of nitrogens with zero attached hydrogens (tertiary/aromatic N) is 2. The van der Waals surface area contributed by atoms with E-state index in [4.69, 9.17) is 0 Å². The number of para-hydroxylation sites is 3. The molecule has 1 aliphatic carbocycles. The fraction of sp³-hybridized carbons (Fsp3) is 0.143. The molecule has 51 heavy (non-hydrogen) atoms. The number of hydrogen-bond acceptors (Lipinski definition) is 2. The molecular formula is C49H44N2. The molecule has 0 spiro atoms. The van der Waals surface area contributed by atoms with Crippen LogP contribution in [-0.4, -0.2) is 0 Å². The highest BCUT2D eigenvalue weighted by Gasteiger charge is 2.36. The molecule has 0 unspecified atom stereocenters. The highest BCUT2D eigenvalue weighted by atomic mass is 15.1. The molecule has 2 heteroatoms. The molecule has 0 bridgehead atoms. The maximum absolute atomic E-state index is 2.46. The van der Waals surface area contributed by atoms with Crippen LogP contribution < -0.4 is 9.80 Å². The lowest BCUT2D eigenvalue weighted by molar-refractivity contribution is 0.346. The van der Waals surface area contributed by atoms with Crippen LogP contribution in [0.3, 0.4) is 0 Å². The molecule has 0 N–H and O–H groups in total. The van der Waals surface area contributed by atoms with Gasteiger partial charge < -0.3 is 9.80 Å². The third-order valence-corrected chi connectivity index (χ3v) is 10.6. The van der Waals surface area contributed by atoms with Crippen LogP contribution in [0.25, 0.3) is 11.1 Å². The topological polar surface area (TPSA) is 6.48 Å². The molecule has 8 rings (SSSR count). The molecule has 7 aromatic rings. The quantitative estimate of drug-likeness (QED) is 0.152. The summed E-state index contributed by atoms with van der Waals surface area (Å²) in [6.07, 6.45) is 6.22. The Morgan fingerprint density at radius 1 is 0.353 bits per heavy atom. The maximum Gasteiger partial charge on any atom is 0.0464 e. The summed E-state index contributed by atoms with van der Waals surface area (Å²) in [5.74, 6) is 0. The Morgan fingerprint density at radius 2 is 0.745 bits per heavy atom. The van der Waals surface area contributed by atoms with E-state index in [1.54, 1.807) is 0 Å². The summed E-state index contributed by atoms with van der Waals surface area (Å²) in [7, 11) is 0. The fourth-order valence-corrected chi connectivity index (χ4v) is 8.02. The Bertz CT molecular complexity index is 2130. The Balaban J connectivity index is 1.13. The van der Waals surface area contributed by atoms with Gasteiger partial charge in [0.05, 0.1) is 0 Å². The third-order valence-electron chi connectivity index (χ3n) is 10.6. The third kappa shape index (κ3) is 6.70. The van der Waals surface area contributed by atoms with Gasteiger partial charge in [0.15, 0.2) is 0 Å². The summed E-state index contributed by atoms with van der Waals surface area (Å²) in [6, 6.07) is 68.4. The van der Waals surface area contributed by atoms with Gasteiger partial charge in [-0.25, -0.2) is 0 Å². The molecule has 0 heterocycles. The number of aryl methyl sites for hydroxylation is 1. The second kappa shape index (κ2) is 14.5. The van der Waals surface area contributed by atoms with E-state index in [2.05, 4.69) is 205 Å². The fourth-order valence-electron chi connectivity index (χ4n) is 8.02. The lowest BCUT2D eigenvalue weighted by atomic mass is 9.65. The molecule has 1 saturated carbocycles. The molecule has 250 valence electrons. The van der Waals surface area contributed by atoms with Crippen molar-refractivity contribution in [2.45, 2.75) is 44.4 Å². The Labute approximate surface area is 303 Å². The summed E-state index contributed by atoms with van der Waals surface area (Å²) in [6.45, 7) is 2.22. The standard InChI is InChI=1S/C49H44N2/c1-38-16-14-17-41(36-38)49(34-12-5-13-35-49)42-18-15-25-48(37-42)51(45-23-10-4-11-24-45)47-32-28-40(29-33-47)39-26-30-46(31-27-39)50(43-19-6-2-7-20-43)44-21-8-3-9-22-44/h2-4,6-11,14-33,36-37H,5,12-13,34-35H2,1H3. The highest BCUT2D eigenvalue weighted by Crippen LogP contribution is 2.47. The van der Waals surface area contributed by atoms with E-state index in [0.717, 1.165) is 28.4 Å². The normalized spacial score (nSPS) is 13.7. The van der Waals surface area contributed by atoms with Crippen molar-refractivity contribution in [1.29, 1.82) is 0 Å². The zero-order valence-electron chi connectivity index (χ0n) is 29.3. The first-order chi connectivity index (χ1) is 25.2. The van der Waals surface area contributed by atoms with Crippen molar-refractivity contribution >= 4 is 34.1 Å². The van der Waals surface area contributed by atoms with Crippen molar-refractivity contribution in [3.8, 4) is 11.1 Å². The van der Waals surface area contributed by atoms with Crippen LogP contribution in [0, 0.1) is 6.92 Å². The first kappa shape index (κ1) is 32.4. The molecule has 0 aromatic heterocycles. The van der Waals surface area contributed by atoms with Crippen molar-refractivity contribution < 1.29 is 0 Å². The molecule has 0 atom stereocenters. The first-order valence-corrected chi connectivity index (χ1v) is 18.3. The summed E-state index contributed by atoms with van der Waals surface area (Å²) in [5, 5.41) is 0. The van der Waals surface area contributed by atoms with Gasteiger partial charge in [-0.2, -0.15) is 0 Å². The largest absolute Gasteiger partial charge is 0.311 e. The number of benzene rings is 7. The minimum Gasteiger partial charge on any atom is -0.311 e. The number of hydrogen-bond donors (Lipinski definition) is 0. The van der Waals surface area contributed by atoms with E-state index in [0.29, 0.717) is 0 Å². The van der Waals surface area contributed by atoms with Crippen LogP contribution in [0.2, 0.25) is 0 Å². The predicted octanol–water partition coefficient (Wildman–Crippen LogP) is 13.9. The lowest BCUT2D eigenvalue weighted by Gasteiger charge is -2.39. The molecule has 1 aliphatic rings. The maximum atomic E-state index is 2.46. The van der Waals surface area contributed by atoms with Gasteiger partial charge in [-0.05, 0) is 115 Å². The minimum absolute atomic E-state index is 0.0370. The van der Waals surface area contributed by atoms with Crippen LogP contribution in [0.15, 0.2) is 188 Å². The van der Waals surface area contributed by atoms with Crippen molar-refractivity contribution in [3.63, 3.8) is 0 Å². The zero-order valence-corrected chi connectivity index (χ0v) is 29.3. The average molecular weight is 661 g/mol. The second-order valence-corrected chi connectivity index (χ2v) is 13.8. The van der Waals surface area contributed by atoms with E-state index in [1.807, 2.05) is 0 Å². The Kier molecular flexibility index (Phi) is 9.23. The molecule has 0 radical (unpaired) electrons. The van der Waals surface area contributed by atoms with Gasteiger partial charge in [0, 0.05) is 39.5 Å². The van der Waals surface area contributed by atoms with Gasteiger partial charge in [-0.1, -0.05) is 140 Å². The Morgan fingerprint density at radius 3 is 1.22 bits per heavy atom. The van der Waals surface area contributed by atoms with Crippen LogP contribution in [0.4, 0.5) is 34.1 Å². The number of anilines is 6. The molecule has 2 nitrogen and oxygen atoms in total. The van der Waals surface area contributed by atoms with E-state index in [-0.39, 0.29) is 5.41 Å². The summed E-state index contributed by atoms with van der Waals surface area (Å²) in [5.41, 5.74) is 13.5.